The van der Waals surface area contributed by atoms with Crippen LogP contribution in [-0.4, -0.2) is 163 Å². The van der Waals surface area contributed by atoms with Gasteiger partial charge in [-0.3, -0.25) is 4.79 Å². The quantitative estimate of drug-likeness (QED) is 0.0308. The second-order valence-electron chi connectivity index (χ2n) is 20.4. The maximum Gasteiger partial charge on any atom is 0.249 e. The first-order chi connectivity index (χ1) is 33.4. The second-order valence-corrected chi connectivity index (χ2v) is 20.4. The highest BCUT2D eigenvalue weighted by atomic mass is 16.7. The minimum atomic E-state index is -1.82. The van der Waals surface area contributed by atoms with Crippen LogP contribution in [0.25, 0.3) is 0 Å². The highest BCUT2D eigenvalue weighted by molar-refractivity contribution is 5.80. The molecule has 2 rings (SSSR count). The topological polar surface area (TPSA) is 268 Å². The summed E-state index contributed by atoms with van der Waals surface area (Å²) >= 11 is 0. The molecule has 2 fully saturated rings. The lowest BCUT2D eigenvalue weighted by Crippen LogP contribution is -2.62. The van der Waals surface area contributed by atoms with Gasteiger partial charge in [0.05, 0.1) is 32.0 Å². The largest absolute Gasteiger partial charge is 0.394 e. The zero-order valence-corrected chi connectivity index (χ0v) is 43.1. The summed E-state index contributed by atoms with van der Waals surface area (Å²) in [6.45, 7) is 2.38. The van der Waals surface area contributed by atoms with Crippen LogP contribution in [0, 0.1) is 0 Å². The minimum Gasteiger partial charge on any atom is -0.394 e. The molecule has 0 bridgehead atoms. The van der Waals surface area contributed by atoms with E-state index < -0.39 is 111 Å². The molecule has 0 aromatic carbocycles. The van der Waals surface area contributed by atoms with Crippen LogP contribution in [0.3, 0.4) is 0 Å². The molecule has 1 amide bonds. The summed E-state index contributed by atoms with van der Waals surface area (Å²) in [6.07, 6.45) is 17.0. The Hall–Kier alpha value is -1.09. The van der Waals surface area contributed by atoms with Crippen LogP contribution in [0.2, 0.25) is 0 Å². The van der Waals surface area contributed by atoms with Crippen molar-refractivity contribution in [2.45, 2.75) is 312 Å². The molecule has 0 aliphatic carbocycles. The number of unbranched alkanes of at least 4 members (excludes halogenated alkanes) is 29. The number of ether oxygens (including phenoxy) is 4. The van der Waals surface area contributed by atoms with Crippen molar-refractivity contribution < 1.29 is 74.8 Å². The molecular formula is C53H103NO15. The van der Waals surface area contributed by atoms with E-state index in [2.05, 4.69) is 19.2 Å². The monoisotopic (exact) mass is 994 g/mol. The number of aliphatic hydroxyl groups excluding tert-OH is 10. The van der Waals surface area contributed by atoms with Crippen molar-refractivity contribution in [2.24, 2.45) is 0 Å². The van der Waals surface area contributed by atoms with E-state index in [0.29, 0.717) is 12.8 Å². The summed E-state index contributed by atoms with van der Waals surface area (Å²) in [5, 5.41) is 109. The van der Waals surface area contributed by atoms with Gasteiger partial charge >= 0.3 is 0 Å². The van der Waals surface area contributed by atoms with Crippen LogP contribution in [0.4, 0.5) is 0 Å². The van der Waals surface area contributed by atoms with Gasteiger partial charge in [0.15, 0.2) is 12.6 Å². The molecule has 2 aliphatic rings. The van der Waals surface area contributed by atoms with E-state index >= 15 is 0 Å². The van der Waals surface area contributed by atoms with Crippen molar-refractivity contribution >= 4 is 5.91 Å². The van der Waals surface area contributed by atoms with Crippen molar-refractivity contribution in [1.82, 2.24) is 5.32 Å². The van der Waals surface area contributed by atoms with Crippen LogP contribution in [0.1, 0.15) is 226 Å². The Morgan fingerprint density at radius 2 is 0.942 bits per heavy atom. The predicted octanol–water partition coefficient (Wildman–Crippen LogP) is 6.11. The maximum atomic E-state index is 13.4. The molecule has 14 atom stereocenters. The molecule has 0 saturated carbocycles. The van der Waals surface area contributed by atoms with Crippen LogP contribution in [-0.2, 0) is 23.7 Å². The number of hydrogen-bond acceptors (Lipinski definition) is 15. The van der Waals surface area contributed by atoms with Gasteiger partial charge in [-0.1, -0.05) is 213 Å². The minimum absolute atomic E-state index is 0.204. The average Bonchev–Trinajstić information content (AvgIpc) is 3.63. The number of amides is 1. The number of nitrogens with one attached hydrogen (secondary N) is 1. The molecule has 0 spiro atoms. The fraction of sp³-hybridized carbons (Fsp3) is 0.981. The first kappa shape index (κ1) is 64.0. The summed E-state index contributed by atoms with van der Waals surface area (Å²) < 4.78 is 22.6. The number of rotatable bonds is 45. The summed E-state index contributed by atoms with van der Waals surface area (Å²) in [5.74, 6) is -0.761. The summed E-state index contributed by atoms with van der Waals surface area (Å²) in [7, 11) is 0. The molecular weight excluding hydrogens is 891 g/mol. The van der Waals surface area contributed by atoms with Gasteiger partial charge in [0, 0.05) is 0 Å². The third-order valence-electron chi connectivity index (χ3n) is 14.2. The van der Waals surface area contributed by atoms with Crippen molar-refractivity contribution in [3.63, 3.8) is 0 Å². The van der Waals surface area contributed by atoms with Gasteiger partial charge in [0.25, 0.3) is 0 Å². The van der Waals surface area contributed by atoms with Gasteiger partial charge in [0.2, 0.25) is 5.91 Å². The third-order valence-corrected chi connectivity index (χ3v) is 14.2. The molecule has 410 valence electrons. The molecule has 16 heteroatoms. The number of hydrogen-bond donors (Lipinski definition) is 11. The van der Waals surface area contributed by atoms with Crippen molar-refractivity contribution in [2.75, 3.05) is 19.8 Å². The molecule has 2 heterocycles. The van der Waals surface area contributed by atoms with E-state index in [0.717, 1.165) is 44.9 Å². The van der Waals surface area contributed by atoms with E-state index in [-0.39, 0.29) is 12.8 Å². The van der Waals surface area contributed by atoms with Gasteiger partial charge in [-0.05, 0) is 12.8 Å². The Bertz CT molecular complexity index is 1210. The Morgan fingerprint density at radius 1 is 0.522 bits per heavy atom. The number of carbonyl (C=O) groups is 1. The molecule has 69 heavy (non-hydrogen) atoms. The zero-order chi connectivity index (χ0) is 50.7. The van der Waals surface area contributed by atoms with Crippen LogP contribution >= 0.6 is 0 Å². The highest BCUT2D eigenvalue weighted by Gasteiger charge is 2.52. The lowest BCUT2D eigenvalue weighted by atomic mass is 9.98. The van der Waals surface area contributed by atoms with Gasteiger partial charge < -0.3 is 75.3 Å². The first-order valence-electron chi connectivity index (χ1n) is 28.0. The van der Waals surface area contributed by atoms with Crippen molar-refractivity contribution in [3.05, 3.63) is 0 Å². The zero-order valence-electron chi connectivity index (χ0n) is 43.1. The summed E-state index contributed by atoms with van der Waals surface area (Å²) in [4.78, 5) is 13.4. The molecule has 0 radical (unpaired) electrons. The van der Waals surface area contributed by atoms with Gasteiger partial charge in [0.1, 0.15) is 61.0 Å². The van der Waals surface area contributed by atoms with E-state index in [1.54, 1.807) is 0 Å². The molecule has 2 aliphatic heterocycles. The smallest absolute Gasteiger partial charge is 0.249 e. The molecule has 0 aromatic heterocycles. The van der Waals surface area contributed by atoms with Crippen LogP contribution in [0.15, 0.2) is 0 Å². The maximum absolute atomic E-state index is 13.4. The Balaban J connectivity index is 1.85. The molecule has 0 aromatic rings. The van der Waals surface area contributed by atoms with E-state index in [1.807, 2.05) is 0 Å². The number of carbonyl (C=O) groups excluding carboxylic acids is 1. The SMILES string of the molecule is CCCCCCCCCCCCCCCCCCCCCC[C@@H](O)C(=O)N[C@@H](CO[C@H]1O[C@H](CO)[C@H](O)[C@H](O[C@@H]2O[C@@H]([C@H](O)CO)[C@H](O)[C@H]2O)[C@H]1O)[C@H](O)[C@H](O)CCCCCCCCCCCCC. The Morgan fingerprint density at radius 3 is 1.36 bits per heavy atom. The fourth-order valence-electron chi connectivity index (χ4n) is 9.60. The molecule has 11 N–H and O–H groups in total. The van der Waals surface area contributed by atoms with Crippen molar-refractivity contribution in [3.8, 4) is 0 Å². The lowest BCUT2D eigenvalue weighted by Gasteiger charge is -2.43. The summed E-state index contributed by atoms with van der Waals surface area (Å²) in [5.41, 5.74) is 0. The Labute approximate surface area is 416 Å². The van der Waals surface area contributed by atoms with E-state index in [9.17, 15) is 55.9 Å². The molecule has 0 unspecified atom stereocenters. The first-order valence-corrected chi connectivity index (χ1v) is 28.0. The standard InChI is InChI=1S/C53H103NO15/c1-3-5-7-9-11-13-15-16-17-18-19-20-21-22-23-25-27-29-31-33-35-41(58)51(65)54-39(44(60)40(57)34-32-30-28-26-24-14-12-10-8-6-4-2)38-66-52-48(64)50(45(61)43(37-56)67-52)69-53-47(63)46(62)49(68-53)42(59)36-55/h39-50,52-53,55-64H,3-38H2,1-2H3,(H,54,65)/t39-,40+,41+,42+,43+,44-,45-,46+,47+,48+,49-,50-,52-,53-/m0/s1. The molecule has 16 nitrogen and oxygen atoms in total. The van der Waals surface area contributed by atoms with Gasteiger partial charge in [-0.2, -0.15) is 0 Å². The van der Waals surface area contributed by atoms with Crippen LogP contribution < -0.4 is 5.32 Å². The normalized spacial score (nSPS) is 26.2. The summed E-state index contributed by atoms with van der Waals surface area (Å²) in [6, 6.07) is -1.28. The van der Waals surface area contributed by atoms with E-state index in [1.165, 1.54) is 141 Å². The third kappa shape index (κ3) is 26.6. The van der Waals surface area contributed by atoms with Crippen LogP contribution in [0.5, 0.6) is 0 Å². The van der Waals surface area contributed by atoms with Crippen molar-refractivity contribution in [1.29, 1.82) is 0 Å². The number of aliphatic hydroxyl groups is 10. The van der Waals surface area contributed by atoms with Gasteiger partial charge in [-0.15, -0.1) is 0 Å². The highest BCUT2D eigenvalue weighted by Crippen LogP contribution is 2.31. The van der Waals surface area contributed by atoms with E-state index in [4.69, 9.17) is 18.9 Å². The predicted molar refractivity (Wildman–Crippen MR) is 266 cm³/mol. The lowest BCUT2D eigenvalue weighted by molar-refractivity contribution is -0.332. The fourth-order valence-corrected chi connectivity index (χ4v) is 9.60. The Kier molecular flexibility index (Phi) is 37.4. The molecule has 2 saturated heterocycles. The van der Waals surface area contributed by atoms with Gasteiger partial charge in [-0.25, -0.2) is 0 Å². The average molecular weight is 994 g/mol. The second kappa shape index (κ2) is 40.3.